The van der Waals surface area contributed by atoms with Crippen molar-refractivity contribution in [3.63, 3.8) is 0 Å². The minimum Gasteiger partial charge on any atom is -0.469 e. The van der Waals surface area contributed by atoms with Gasteiger partial charge in [0.15, 0.2) is 0 Å². The van der Waals surface area contributed by atoms with Gasteiger partial charge in [0.1, 0.15) is 0 Å². The highest BCUT2D eigenvalue weighted by Gasteiger charge is 2.20. The summed E-state index contributed by atoms with van der Waals surface area (Å²) in [6.07, 6.45) is 3.06. The molecule has 0 aromatic carbocycles. The maximum absolute atomic E-state index is 10.8. The number of hydrogen-bond donors (Lipinski definition) is 0. The van der Waals surface area contributed by atoms with Crippen molar-refractivity contribution in [1.29, 1.82) is 0 Å². The van der Waals surface area contributed by atoms with Gasteiger partial charge in [0.25, 0.3) is 0 Å². The molecule has 12 heavy (non-hydrogen) atoms. The van der Waals surface area contributed by atoms with E-state index in [0.29, 0.717) is 12.5 Å². The van der Waals surface area contributed by atoms with Crippen LogP contribution in [-0.4, -0.2) is 37.1 Å². The molecule has 70 valence electrons. The minimum atomic E-state index is -0.103. The summed E-state index contributed by atoms with van der Waals surface area (Å²) in [6.45, 7) is 4.20. The Balaban J connectivity index is 2.18. The fraction of sp³-hybridized carbons (Fsp3) is 0.889. The van der Waals surface area contributed by atoms with Crippen molar-refractivity contribution in [1.82, 2.24) is 4.90 Å². The number of rotatable bonds is 3. The monoisotopic (exact) mass is 171 g/mol. The first kappa shape index (κ1) is 9.52. The lowest BCUT2D eigenvalue weighted by molar-refractivity contribution is -0.141. The summed E-state index contributed by atoms with van der Waals surface area (Å²) >= 11 is 0. The van der Waals surface area contributed by atoms with E-state index in [9.17, 15) is 4.79 Å². The van der Waals surface area contributed by atoms with Gasteiger partial charge in [0.05, 0.1) is 13.5 Å². The maximum atomic E-state index is 10.8. The van der Waals surface area contributed by atoms with Crippen LogP contribution in [0.2, 0.25) is 0 Å². The molecule has 0 radical (unpaired) electrons. The Hall–Kier alpha value is -0.570. The molecule has 0 aromatic rings. The molecule has 1 atom stereocenters. The van der Waals surface area contributed by atoms with E-state index >= 15 is 0 Å². The lowest BCUT2D eigenvalue weighted by Gasteiger charge is -2.19. The van der Waals surface area contributed by atoms with Crippen LogP contribution in [0, 0.1) is 0 Å². The second kappa shape index (κ2) is 4.45. The van der Waals surface area contributed by atoms with E-state index < -0.39 is 0 Å². The molecule has 1 fully saturated rings. The number of hydrogen-bond acceptors (Lipinski definition) is 3. The summed E-state index contributed by atoms with van der Waals surface area (Å²) in [5.41, 5.74) is 0. The summed E-state index contributed by atoms with van der Waals surface area (Å²) in [5, 5.41) is 0. The highest BCUT2D eigenvalue weighted by atomic mass is 16.5. The van der Waals surface area contributed by atoms with Gasteiger partial charge in [-0.05, 0) is 26.3 Å². The first-order valence-electron chi connectivity index (χ1n) is 4.55. The van der Waals surface area contributed by atoms with Crippen LogP contribution >= 0.6 is 0 Å². The lowest BCUT2D eigenvalue weighted by Crippen LogP contribution is -2.29. The molecular formula is C9H17NO2. The molecular weight excluding hydrogens is 154 g/mol. The van der Waals surface area contributed by atoms with Crippen LogP contribution in [0.15, 0.2) is 0 Å². The van der Waals surface area contributed by atoms with Crippen molar-refractivity contribution >= 4 is 5.97 Å². The molecule has 1 rings (SSSR count). The summed E-state index contributed by atoms with van der Waals surface area (Å²) in [5.74, 6) is -0.103. The summed E-state index contributed by atoms with van der Waals surface area (Å²) < 4.78 is 4.58. The van der Waals surface area contributed by atoms with Gasteiger partial charge >= 0.3 is 5.97 Å². The van der Waals surface area contributed by atoms with E-state index in [2.05, 4.69) is 16.6 Å². The number of likely N-dealkylation sites (tertiary alicyclic amines) is 1. The molecule has 0 spiro atoms. The number of nitrogens with zero attached hydrogens (tertiary/aromatic N) is 1. The first-order chi connectivity index (χ1) is 5.74. The summed E-state index contributed by atoms with van der Waals surface area (Å²) in [4.78, 5) is 13.2. The molecule has 0 aliphatic carbocycles. The van der Waals surface area contributed by atoms with Gasteiger partial charge in [0.2, 0.25) is 0 Å². The zero-order chi connectivity index (χ0) is 8.97. The molecule has 1 heterocycles. The molecule has 0 aromatic heterocycles. The van der Waals surface area contributed by atoms with E-state index in [1.165, 1.54) is 20.0 Å². The van der Waals surface area contributed by atoms with Crippen LogP contribution < -0.4 is 0 Å². The van der Waals surface area contributed by atoms with Crippen molar-refractivity contribution in [2.24, 2.45) is 0 Å². The van der Waals surface area contributed by atoms with Gasteiger partial charge in [-0.2, -0.15) is 0 Å². The average Bonchev–Trinajstić information content (AvgIpc) is 2.47. The van der Waals surface area contributed by atoms with Crippen LogP contribution in [-0.2, 0) is 9.53 Å². The van der Waals surface area contributed by atoms with Crippen LogP contribution in [0.3, 0.4) is 0 Å². The Kier molecular flexibility index (Phi) is 3.53. The van der Waals surface area contributed by atoms with Crippen molar-refractivity contribution in [2.75, 3.05) is 20.2 Å². The molecule has 0 saturated carbocycles. The Bertz CT molecular complexity index is 159. The Morgan fingerprint density at radius 2 is 2.42 bits per heavy atom. The topological polar surface area (TPSA) is 29.5 Å². The first-order valence-corrected chi connectivity index (χ1v) is 4.55. The Morgan fingerprint density at radius 3 is 2.92 bits per heavy atom. The second-order valence-electron chi connectivity index (χ2n) is 3.35. The fourth-order valence-corrected chi connectivity index (χ4v) is 1.66. The van der Waals surface area contributed by atoms with Crippen LogP contribution in [0.25, 0.3) is 0 Å². The van der Waals surface area contributed by atoms with Crippen LogP contribution in [0.5, 0.6) is 0 Å². The van der Waals surface area contributed by atoms with Crippen LogP contribution in [0.1, 0.15) is 26.2 Å². The van der Waals surface area contributed by atoms with E-state index in [-0.39, 0.29) is 5.97 Å². The Morgan fingerprint density at radius 1 is 1.67 bits per heavy atom. The minimum absolute atomic E-state index is 0.103. The van der Waals surface area contributed by atoms with Gasteiger partial charge in [-0.15, -0.1) is 0 Å². The van der Waals surface area contributed by atoms with E-state index in [0.717, 1.165) is 13.1 Å². The van der Waals surface area contributed by atoms with E-state index in [1.54, 1.807) is 0 Å². The SMILES string of the molecule is COC(=O)CCN1CCCC1C. The molecule has 3 heteroatoms. The van der Waals surface area contributed by atoms with Gasteiger partial charge in [-0.3, -0.25) is 4.79 Å². The average molecular weight is 171 g/mol. The van der Waals surface area contributed by atoms with E-state index in [1.807, 2.05) is 0 Å². The molecule has 1 saturated heterocycles. The normalized spacial score (nSPS) is 24.3. The molecule has 0 amide bonds. The van der Waals surface area contributed by atoms with Crippen molar-refractivity contribution in [3.05, 3.63) is 0 Å². The number of carbonyl (C=O) groups is 1. The number of methoxy groups -OCH3 is 1. The van der Waals surface area contributed by atoms with Gasteiger partial charge in [-0.25, -0.2) is 0 Å². The molecule has 1 aliphatic rings. The third-order valence-corrected chi connectivity index (χ3v) is 2.52. The third-order valence-electron chi connectivity index (χ3n) is 2.52. The summed E-state index contributed by atoms with van der Waals surface area (Å²) in [7, 11) is 1.44. The fourth-order valence-electron chi connectivity index (χ4n) is 1.66. The predicted octanol–water partition coefficient (Wildman–Crippen LogP) is 1.03. The number of ether oxygens (including phenoxy) is 1. The largest absolute Gasteiger partial charge is 0.469 e. The number of carbonyl (C=O) groups excluding carboxylic acids is 1. The zero-order valence-electron chi connectivity index (χ0n) is 7.88. The third kappa shape index (κ3) is 2.48. The molecule has 3 nitrogen and oxygen atoms in total. The summed E-state index contributed by atoms with van der Waals surface area (Å²) in [6, 6.07) is 0.648. The van der Waals surface area contributed by atoms with Crippen molar-refractivity contribution < 1.29 is 9.53 Å². The molecule has 1 aliphatic heterocycles. The Labute approximate surface area is 73.7 Å². The van der Waals surface area contributed by atoms with E-state index in [4.69, 9.17) is 0 Å². The second-order valence-corrected chi connectivity index (χ2v) is 3.35. The molecule has 1 unspecified atom stereocenters. The van der Waals surface area contributed by atoms with Gasteiger partial charge in [-0.1, -0.05) is 0 Å². The molecule has 0 bridgehead atoms. The zero-order valence-corrected chi connectivity index (χ0v) is 7.88. The standard InChI is InChI=1S/C9H17NO2/c1-8-4-3-6-10(8)7-5-9(11)12-2/h8H,3-7H2,1-2H3. The highest BCUT2D eigenvalue weighted by Crippen LogP contribution is 2.16. The smallest absolute Gasteiger partial charge is 0.306 e. The highest BCUT2D eigenvalue weighted by molar-refractivity contribution is 5.69. The van der Waals surface area contributed by atoms with Gasteiger partial charge < -0.3 is 9.64 Å². The predicted molar refractivity (Wildman–Crippen MR) is 46.9 cm³/mol. The molecule has 0 N–H and O–H groups in total. The lowest BCUT2D eigenvalue weighted by atomic mass is 10.2. The maximum Gasteiger partial charge on any atom is 0.306 e. The van der Waals surface area contributed by atoms with Crippen molar-refractivity contribution in [2.45, 2.75) is 32.2 Å². The van der Waals surface area contributed by atoms with Gasteiger partial charge in [0, 0.05) is 12.6 Å². The van der Waals surface area contributed by atoms with Crippen LogP contribution in [0.4, 0.5) is 0 Å². The van der Waals surface area contributed by atoms with Crippen molar-refractivity contribution in [3.8, 4) is 0 Å². The quantitative estimate of drug-likeness (QED) is 0.594. The number of esters is 1.